The lowest BCUT2D eigenvalue weighted by Gasteiger charge is -2.11. The van der Waals surface area contributed by atoms with Crippen LogP contribution in [0.5, 0.6) is 0 Å². The molecule has 1 fully saturated rings. The number of nitrogens with zero attached hydrogens (tertiary/aromatic N) is 4. The molecule has 9 nitrogen and oxygen atoms in total. The van der Waals surface area contributed by atoms with E-state index in [2.05, 4.69) is 14.9 Å². The van der Waals surface area contributed by atoms with Crippen molar-refractivity contribution in [2.24, 2.45) is 0 Å². The third kappa shape index (κ3) is 4.27. The van der Waals surface area contributed by atoms with Gasteiger partial charge < -0.3 is 9.42 Å². The first-order chi connectivity index (χ1) is 14.9. The van der Waals surface area contributed by atoms with E-state index in [-0.39, 0.29) is 22.5 Å². The molecule has 1 aromatic heterocycles. The highest BCUT2D eigenvalue weighted by Gasteiger charge is 2.26. The summed E-state index contributed by atoms with van der Waals surface area (Å²) in [6.45, 7) is 2.99. The van der Waals surface area contributed by atoms with E-state index < -0.39 is 10.0 Å². The maximum absolute atomic E-state index is 12.9. The number of sulfonamides is 1. The van der Waals surface area contributed by atoms with E-state index in [1.807, 2.05) is 6.07 Å². The van der Waals surface area contributed by atoms with Gasteiger partial charge in [0.15, 0.2) is 0 Å². The van der Waals surface area contributed by atoms with Crippen molar-refractivity contribution in [3.8, 4) is 17.5 Å². The molecular weight excluding hydrogens is 418 g/mol. The number of anilines is 1. The number of aromatic nitrogens is 2. The Bertz CT molecular complexity index is 1270. The largest absolute Gasteiger partial charge is 0.334 e. The predicted octanol–water partition coefficient (Wildman–Crippen LogP) is 2.95. The summed E-state index contributed by atoms with van der Waals surface area (Å²) in [5.74, 6) is -0.298. The summed E-state index contributed by atoms with van der Waals surface area (Å²) >= 11 is 0. The second-order valence-corrected chi connectivity index (χ2v) is 8.85. The number of nitriles is 1. The van der Waals surface area contributed by atoms with Crippen LogP contribution in [-0.2, 0) is 10.0 Å². The first-order valence-corrected chi connectivity index (χ1v) is 11.1. The Morgan fingerprint density at radius 3 is 2.55 bits per heavy atom. The normalized spacial score (nSPS) is 13.7. The van der Waals surface area contributed by atoms with E-state index in [4.69, 9.17) is 9.78 Å². The van der Waals surface area contributed by atoms with Crippen molar-refractivity contribution in [3.05, 3.63) is 59.5 Å². The van der Waals surface area contributed by atoms with Crippen LogP contribution >= 0.6 is 0 Å². The molecule has 3 aromatic rings. The fourth-order valence-electron chi connectivity index (χ4n) is 3.33. The number of benzene rings is 2. The van der Waals surface area contributed by atoms with Gasteiger partial charge in [0.25, 0.3) is 10.0 Å². The van der Waals surface area contributed by atoms with Crippen LogP contribution in [0.1, 0.15) is 34.7 Å². The molecule has 0 atom stereocenters. The Hall–Kier alpha value is -3.71. The van der Waals surface area contributed by atoms with Crippen molar-refractivity contribution in [1.29, 1.82) is 5.26 Å². The van der Waals surface area contributed by atoms with Crippen molar-refractivity contribution in [1.82, 2.24) is 15.0 Å². The molecule has 1 N–H and O–H groups in total. The second-order valence-electron chi connectivity index (χ2n) is 7.20. The Morgan fingerprint density at radius 2 is 1.87 bits per heavy atom. The van der Waals surface area contributed by atoms with E-state index in [0.29, 0.717) is 35.5 Å². The van der Waals surface area contributed by atoms with Gasteiger partial charge in [0.05, 0.1) is 16.5 Å². The highest BCUT2D eigenvalue weighted by Crippen LogP contribution is 2.26. The zero-order chi connectivity index (χ0) is 22.0. The lowest BCUT2D eigenvalue weighted by atomic mass is 10.1. The smallest absolute Gasteiger partial charge is 0.316 e. The summed E-state index contributed by atoms with van der Waals surface area (Å²) in [6, 6.07) is 12.8. The summed E-state index contributed by atoms with van der Waals surface area (Å²) < 4.78 is 33.5. The zero-order valence-electron chi connectivity index (χ0n) is 16.7. The van der Waals surface area contributed by atoms with Gasteiger partial charge >= 0.3 is 11.8 Å². The van der Waals surface area contributed by atoms with E-state index in [9.17, 15) is 13.2 Å². The molecule has 0 unspecified atom stereocenters. The SMILES string of the molecule is Cc1ccc(-c2noc(C(=O)N3CCCC3)n2)cc1S(=O)(=O)Nc1ccc(C#N)cc1. The van der Waals surface area contributed by atoms with Crippen LogP contribution in [0.2, 0.25) is 0 Å². The van der Waals surface area contributed by atoms with Crippen molar-refractivity contribution < 1.29 is 17.7 Å². The van der Waals surface area contributed by atoms with Crippen LogP contribution in [0.4, 0.5) is 5.69 Å². The summed E-state index contributed by atoms with van der Waals surface area (Å²) in [5, 5.41) is 12.7. The molecule has 1 saturated heterocycles. The highest BCUT2D eigenvalue weighted by molar-refractivity contribution is 7.92. The minimum absolute atomic E-state index is 0.0478. The number of rotatable bonds is 5. The maximum atomic E-state index is 12.9. The Labute approximate surface area is 179 Å². The van der Waals surface area contributed by atoms with Crippen LogP contribution < -0.4 is 4.72 Å². The van der Waals surface area contributed by atoms with Gasteiger partial charge in [-0.3, -0.25) is 9.52 Å². The molecule has 1 aliphatic heterocycles. The Kier molecular flexibility index (Phi) is 5.44. The number of amides is 1. The number of hydrogen-bond acceptors (Lipinski definition) is 7. The van der Waals surface area contributed by atoms with Gasteiger partial charge in [0.1, 0.15) is 0 Å². The van der Waals surface area contributed by atoms with Gasteiger partial charge in [-0.1, -0.05) is 17.3 Å². The van der Waals surface area contributed by atoms with Gasteiger partial charge in [0, 0.05) is 24.3 Å². The molecule has 0 radical (unpaired) electrons. The quantitative estimate of drug-likeness (QED) is 0.649. The third-order valence-corrected chi connectivity index (χ3v) is 6.53. The molecule has 1 amide bonds. The zero-order valence-corrected chi connectivity index (χ0v) is 17.5. The number of aryl methyl sites for hydroxylation is 1. The van der Waals surface area contributed by atoms with Gasteiger partial charge in [-0.15, -0.1) is 0 Å². The molecule has 2 heterocycles. The monoisotopic (exact) mass is 437 g/mol. The third-order valence-electron chi connectivity index (χ3n) is 5.00. The van der Waals surface area contributed by atoms with Crippen LogP contribution in [0.3, 0.4) is 0 Å². The predicted molar refractivity (Wildman–Crippen MR) is 112 cm³/mol. The molecular formula is C21H19N5O4S. The molecule has 4 rings (SSSR count). The number of carbonyl (C=O) groups is 1. The standard InChI is InChI=1S/C21H19N5O4S/c1-14-4-7-16(19-23-20(30-24-19)21(27)26-10-2-3-11-26)12-18(14)31(28,29)25-17-8-5-15(13-22)6-9-17/h4-9,12,25H,2-3,10-11H2,1H3. The van der Waals surface area contributed by atoms with Crippen molar-refractivity contribution in [3.63, 3.8) is 0 Å². The lowest BCUT2D eigenvalue weighted by molar-refractivity contribution is 0.0743. The van der Waals surface area contributed by atoms with E-state index in [1.165, 1.54) is 30.3 Å². The van der Waals surface area contributed by atoms with Gasteiger partial charge in [-0.25, -0.2) is 8.42 Å². The van der Waals surface area contributed by atoms with Gasteiger partial charge in [0.2, 0.25) is 5.82 Å². The fraction of sp³-hybridized carbons (Fsp3) is 0.238. The van der Waals surface area contributed by atoms with E-state index in [1.54, 1.807) is 24.0 Å². The molecule has 10 heteroatoms. The summed E-state index contributed by atoms with van der Waals surface area (Å²) in [4.78, 5) is 18.3. The molecule has 31 heavy (non-hydrogen) atoms. The number of nitrogens with one attached hydrogen (secondary N) is 1. The first kappa shape index (κ1) is 20.6. The topological polar surface area (TPSA) is 129 Å². The minimum atomic E-state index is -3.91. The molecule has 0 bridgehead atoms. The summed E-state index contributed by atoms with van der Waals surface area (Å²) in [5.41, 5.74) is 1.70. The van der Waals surface area contributed by atoms with Crippen LogP contribution in [-0.4, -0.2) is 42.5 Å². The molecule has 158 valence electrons. The van der Waals surface area contributed by atoms with Crippen molar-refractivity contribution >= 4 is 21.6 Å². The highest BCUT2D eigenvalue weighted by atomic mass is 32.2. The molecule has 0 spiro atoms. The number of carbonyl (C=O) groups excluding carboxylic acids is 1. The average molecular weight is 437 g/mol. The molecule has 2 aromatic carbocycles. The van der Waals surface area contributed by atoms with Crippen LogP contribution in [0, 0.1) is 18.3 Å². The van der Waals surface area contributed by atoms with Gasteiger partial charge in [-0.05, 0) is 55.7 Å². The average Bonchev–Trinajstić information content (AvgIpc) is 3.46. The first-order valence-electron chi connectivity index (χ1n) is 9.64. The van der Waals surface area contributed by atoms with Crippen LogP contribution in [0.15, 0.2) is 51.9 Å². The Balaban J connectivity index is 1.61. The maximum Gasteiger partial charge on any atom is 0.316 e. The molecule has 1 aliphatic rings. The lowest BCUT2D eigenvalue weighted by Crippen LogP contribution is -2.27. The van der Waals surface area contributed by atoms with Gasteiger partial charge in [-0.2, -0.15) is 10.2 Å². The number of hydrogen-bond donors (Lipinski definition) is 1. The summed E-state index contributed by atoms with van der Waals surface area (Å²) in [7, 11) is -3.91. The van der Waals surface area contributed by atoms with Crippen molar-refractivity contribution in [2.45, 2.75) is 24.7 Å². The Morgan fingerprint density at radius 1 is 1.16 bits per heavy atom. The van der Waals surface area contributed by atoms with Crippen molar-refractivity contribution in [2.75, 3.05) is 17.8 Å². The minimum Gasteiger partial charge on any atom is -0.334 e. The summed E-state index contributed by atoms with van der Waals surface area (Å²) in [6.07, 6.45) is 1.89. The molecule has 0 aliphatic carbocycles. The van der Waals surface area contributed by atoms with E-state index in [0.717, 1.165) is 12.8 Å². The van der Waals surface area contributed by atoms with E-state index >= 15 is 0 Å². The number of likely N-dealkylation sites (tertiary alicyclic amines) is 1. The molecule has 0 saturated carbocycles. The van der Waals surface area contributed by atoms with Crippen LogP contribution in [0.25, 0.3) is 11.4 Å². The second kappa shape index (κ2) is 8.20. The fourth-order valence-corrected chi connectivity index (χ4v) is 4.67.